The molecule has 0 spiro atoms. The quantitative estimate of drug-likeness (QED) is 0.114. The van der Waals surface area contributed by atoms with Crippen LogP contribution in [0.1, 0.15) is 74.9 Å². The second-order valence-electron chi connectivity index (χ2n) is 37.1. The van der Waals surface area contributed by atoms with Crippen molar-refractivity contribution in [1.29, 1.82) is 0 Å². The number of fused-ring (bicyclic) bond motifs is 18. The highest BCUT2D eigenvalue weighted by Gasteiger charge is 2.41. The fourth-order valence-electron chi connectivity index (χ4n) is 21.4. The first-order chi connectivity index (χ1) is 67.7. The van der Waals surface area contributed by atoms with Crippen LogP contribution in [0.15, 0.2) is 419 Å². The van der Waals surface area contributed by atoms with Gasteiger partial charge >= 0.3 is 0 Å². The number of benzene rings is 15. The van der Waals surface area contributed by atoms with E-state index in [1.54, 1.807) is 0 Å². The molecule has 3 aliphatic carbocycles. The van der Waals surface area contributed by atoms with Gasteiger partial charge in [-0.2, -0.15) is 0 Å². The van der Waals surface area contributed by atoms with Crippen molar-refractivity contribution in [1.82, 2.24) is 73.5 Å². The van der Waals surface area contributed by atoms with Gasteiger partial charge in [0.15, 0.2) is 52.4 Å². The summed E-state index contributed by atoms with van der Waals surface area (Å²) in [6.07, 6.45) is 7.50. The molecule has 654 valence electrons. The topological polar surface area (TPSA) is 169 Å². The van der Waals surface area contributed by atoms with E-state index in [4.69, 9.17) is 54.8 Å². The molecule has 0 N–H and O–H groups in total. The number of hydrogen-bond donors (Lipinski definition) is 0. The van der Waals surface area contributed by atoms with Gasteiger partial charge in [-0.3, -0.25) is 14.5 Å². The van der Waals surface area contributed by atoms with Crippen LogP contribution in [0.3, 0.4) is 0 Å². The Kier molecular flexibility index (Phi) is 19.5. The van der Waals surface area contributed by atoms with Crippen LogP contribution < -0.4 is 0 Å². The number of aromatic nitrogens is 15. The molecule has 0 aliphatic heterocycles. The van der Waals surface area contributed by atoms with E-state index in [0.29, 0.717) is 52.4 Å². The van der Waals surface area contributed by atoms with Crippen molar-refractivity contribution in [2.75, 3.05) is 0 Å². The van der Waals surface area contributed by atoms with Crippen LogP contribution in [0.2, 0.25) is 0 Å². The molecule has 15 heteroatoms. The van der Waals surface area contributed by atoms with Gasteiger partial charge < -0.3 is 9.13 Å². The van der Waals surface area contributed by atoms with Gasteiger partial charge in [0.1, 0.15) is 5.65 Å². The maximum Gasteiger partial charge on any atom is 0.164 e. The van der Waals surface area contributed by atoms with Gasteiger partial charge in [-0.05, 0) is 164 Å². The lowest BCUT2D eigenvalue weighted by Crippen LogP contribution is -2.14. The highest BCUT2D eigenvalue weighted by molar-refractivity contribution is 6.11. The fraction of sp³-hybridized carbons (Fsp3) is 0.0732. The summed E-state index contributed by atoms with van der Waals surface area (Å²) in [6, 6.07) is 137. The minimum Gasteiger partial charge on any atom is -0.309 e. The van der Waals surface area contributed by atoms with E-state index in [9.17, 15) is 0 Å². The van der Waals surface area contributed by atoms with E-state index in [1.165, 1.54) is 77.5 Å². The van der Waals surface area contributed by atoms with E-state index in [-0.39, 0.29) is 16.2 Å². The molecule has 0 unspecified atom stereocenters. The molecule has 9 heterocycles. The number of para-hydroxylation sites is 3. The number of hydrogen-bond acceptors (Lipinski definition) is 12. The van der Waals surface area contributed by atoms with Crippen LogP contribution in [0.4, 0.5) is 0 Å². The third-order valence-electron chi connectivity index (χ3n) is 28.0. The van der Waals surface area contributed by atoms with Crippen LogP contribution in [-0.2, 0) is 16.2 Å². The smallest absolute Gasteiger partial charge is 0.164 e. The molecule has 0 fully saturated rings. The molecule has 9 aromatic heterocycles. The Bertz CT molecular complexity index is 8500. The Morgan fingerprint density at radius 1 is 0.196 bits per heavy atom. The maximum absolute atomic E-state index is 5.20. The first kappa shape index (κ1) is 82.1. The maximum atomic E-state index is 5.20. The van der Waals surface area contributed by atoms with Crippen LogP contribution in [0, 0.1) is 0 Å². The summed E-state index contributed by atoms with van der Waals surface area (Å²) >= 11 is 0. The molecule has 15 nitrogen and oxygen atoms in total. The monoisotopic (exact) mass is 1770 g/mol. The lowest BCUT2D eigenvalue weighted by Gasteiger charge is -2.21. The highest BCUT2D eigenvalue weighted by atomic mass is 15.1. The van der Waals surface area contributed by atoms with Crippen molar-refractivity contribution >= 4 is 65.7 Å². The van der Waals surface area contributed by atoms with Gasteiger partial charge in [0, 0.05) is 135 Å². The SMILES string of the molecule is CC1(C)c2ccccc2-c2c(-c3nc(-c4ccccc4)nc(-c4ccc(-n5c6ccccc6c6cccnc65)cc4)n3)cccc21.CC1(C)c2ccccc2-c2c(-c3nc(-c4ccccc4)nc(-c4cccc(-n5c6ccccc6c6cnccc65)c4)n3)cccc21.CC1(C)c2ccccc2-c2c(-c3nc(-c4ccccc4)nc(-c4cccc(-n5c6ccccc6c6ncccc65)c4)n3)cccc21. The summed E-state index contributed by atoms with van der Waals surface area (Å²) in [7, 11) is 0. The molecule has 0 amide bonds. The largest absolute Gasteiger partial charge is 0.309 e. The molecule has 0 bridgehead atoms. The first-order valence-corrected chi connectivity index (χ1v) is 46.7. The van der Waals surface area contributed by atoms with Gasteiger partial charge in [0.2, 0.25) is 0 Å². The number of nitrogens with zero attached hydrogens (tertiary/aromatic N) is 15. The van der Waals surface area contributed by atoms with Gasteiger partial charge in [-0.25, -0.2) is 49.8 Å². The van der Waals surface area contributed by atoms with Crippen LogP contribution in [0.5, 0.6) is 0 Å². The van der Waals surface area contributed by atoms with E-state index in [1.807, 2.05) is 91.5 Å². The minimum absolute atomic E-state index is 0.114. The summed E-state index contributed by atoms with van der Waals surface area (Å²) in [5, 5.41) is 5.74. The standard InChI is InChI=1S/3C41H29N5/c1-41(2)32-20-8-6-17-29(32)36-31(19-11-21-33(36)41)40-44-38(26-13-4-3-5-14-26)43-39(45-40)27-15-10-16-28(25-27)46-34-22-9-7-18-30(34)37-35(46)23-12-24-42-37;1-41(2)33-19-8-6-17-30(33)37-31(18-11-20-34(37)41)40-44-38(26-12-4-3-5-13-26)43-39(45-40)27-14-10-15-28(24-27)46-35-21-9-7-16-29(35)32-25-42-23-22-36(32)46;1-41(2)33-18-8-6-15-31(33)36-32(16-10-19-34(36)41)39-44-37(26-12-4-3-5-13-26)43-38(45-39)27-21-23-28(24-22-27)46-35-20-9-7-14-29(35)30-17-11-25-42-40(30)46/h3*3-25H,1-2H3. The average Bonchev–Trinajstić information content (AvgIpc) is 1.57. The lowest BCUT2D eigenvalue weighted by molar-refractivity contribution is 0.660. The molecule has 24 aromatic rings. The zero-order chi connectivity index (χ0) is 92.5. The van der Waals surface area contributed by atoms with E-state index >= 15 is 0 Å². The van der Waals surface area contributed by atoms with Crippen molar-refractivity contribution in [2.24, 2.45) is 0 Å². The Morgan fingerprint density at radius 2 is 0.507 bits per heavy atom. The van der Waals surface area contributed by atoms with Gasteiger partial charge in [0.05, 0.1) is 33.1 Å². The average molecular weight is 1780 g/mol. The van der Waals surface area contributed by atoms with E-state index < -0.39 is 0 Å². The third-order valence-corrected chi connectivity index (χ3v) is 28.0. The fourth-order valence-corrected chi connectivity index (χ4v) is 21.4. The number of rotatable bonds is 12. The van der Waals surface area contributed by atoms with Gasteiger partial charge in [-0.1, -0.05) is 339 Å². The van der Waals surface area contributed by atoms with Crippen molar-refractivity contribution in [3.05, 3.63) is 452 Å². The predicted molar refractivity (Wildman–Crippen MR) is 557 cm³/mol. The zero-order valence-corrected chi connectivity index (χ0v) is 76.5. The molecule has 3 aliphatic rings. The molecule has 0 radical (unpaired) electrons. The van der Waals surface area contributed by atoms with Crippen molar-refractivity contribution in [2.45, 2.75) is 57.8 Å². The Labute approximate surface area is 797 Å². The van der Waals surface area contributed by atoms with Crippen LogP contribution >= 0.6 is 0 Å². The molecule has 27 rings (SSSR count). The zero-order valence-electron chi connectivity index (χ0n) is 76.5. The van der Waals surface area contributed by atoms with Gasteiger partial charge in [0.25, 0.3) is 0 Å². The van der Waals surface area contributed by atoms with Crippen molar-refractivity contribution in [3.63, 3.8) is 0 Å². The molecular formula is C123H87N15. The number of pyridine rings is 3. The highest BCUT2D eigenvalue weighted by Crippen LogP contribution is 2.56. The van der Waals surface area contributed by atoms with Crippen LogP contribution in [0.25, 0.3) is 219 Å². The molecule has 0 atom stereocenters. The summed E-state index contributed by atoms with van der Waals surface area (Å²) in [6.45, 7) is 13.8. The summed E-state index contributed by atoms with van der Waals surface area (Å²) in [4.78, 5) is 59.9. The Morgan fingerprint density at radius 3 is 0.971 bits per heavy atom. The third kappa shape index (κ3) is 13.6. The van der Waals surface area contributed by atoms with Crippen LogP contribution in [-0.4, -0.2) is 73.5 Å². The van der Waals surface area contributed by atoms with E-state index in [2.05, 4.69) is 388 Å². The van der Waals surface area contributed by atoms with Gasteiger partial charge in [-0.15, -0.1) is 0 Å². The minimum atomic E-state index is -0.119. The molecule has 0 saturated heterocycles. The summed E-state index contributed by atoms with van der Waals surface area (Å²) in [5.74, 6) is 5.86. The molecule has 138 heavy (non-hydrogen) atoms. The second-order valence-corrected chi connectivity index (χ2v) is 37.1. The predicted octanol–water partition coefficient (Wildman–Crippen LogP) is 29.0. The Balaban J connectivity index is 0.000000110. The van der Waals surface area contributed by atoms with Crippen molar-refractivity contribution < 1.29 is 0 Å². The summed E-state index contributed by atoms with van der Waals surface area (Å²) < 4.78 is 6.78. The van der Waals surface area contributed by atoms with E-state index in [0.717, 1.165) is 122 Å². The molecular weight excluding hydrogens is 1690 g/mol. The normalized spacial score (nSPS) is 13.2. The van der Waals surface area contributed by atoms with Crippen molar-refractivity contribution in [3.8, 4) is 153 Å². The first-order valence-electron chi connectivity index (χ1n) is 46.7. The molecule has 0 saturated carbocycles. The summed E-state index contributed by atoms with van der Waals surface area (Å²) in [5.41, 5.74) is 34.0. The second kappa shape index (κ2) is 32.8. The lowest BCUT2D eigenvalue weighted by atomic mass is 9.82. The Hall–Kier alpha value is -17.8. The molecule has 15 aromatic carbocycles.